The van der Waals surface area contributed by atoms with Crippen molar-refractivity contribution >= 4 is 34.9 Å². The van der Waals surface area contributed by atoms with Gasteiger partial charge >= 0.3 is 0 Å². The molecule has 3 rings (SSSR count). The maximum atomic E-state index is 12.1. The van der Waals surface area contributed by atoms with Gasteiger partial charge in [-0.15, -0.1) is 0 Å². The second-order valence-corrected chi connectivity index (χ2v) is 5.21. The highest BCUT2D eigenvalue weighted by Crippen LogP contribution is 2.27. The van der Waals surface area contributed by atoms with Crippen molar-refractivity contribution in [3.8, 4) is 11.3 Å². The number of amides is 1. The van der Waals surface area contributed by atoms with Gasteiger partial charge in [0, 0.05) is 23.4 Å². The van der Waals surface area contributed by atoms with Crippen LogP contribution in [0.4, 0.5) is 5.82 Å². The summed E-state index contributed by atoms with van der Waals surface area (Å²) in [7, 11) is 0. The number of nitrogens with zero attached hydrogens (tertiary/aromatic N) is 2. The fraction of sp³-hybridized carbons (Fsp3) is 0. The van der Waals surface area contributed by atoms with Gasteiger partial charge in [0.15, 0.2) is 5.82 Å². The van der Waals surface area contributed by atoms with Crippen molar-refractivity contribution in [3.05, 3.63) is 64.5 Å². The van der Waals surface area contributed by atoms with Gasteiger partial charge in [0.1, 0.15) is 6.26 Å². The van der Waals surface area contributed by atoms with Crippen LogP contribution in [0.25, 0.3) is 11.3 Å². The Bertz CT molecular complexity index is 819. The molecule has 1 aromatic carbocycles. The molecule has 0 atom stereocenters. The van der Waals surface area contributed by atoms with Gasteiger partial charge in [-0.3, -0.25) is 9.78 Å². The predicted molar refractivity (Wildman–Crippen MR) is 84.1 cm³/mol. The summed E-state index contributed by atoms with van der Waals surface area (Å²) < 4.78 is 4.66. The van der Waals surface area contributed by atoms with E-state index in [4.69, 9.17) is 23.2 Å². The fourth-order valence-electron chi connectivity index (χ4n) is 1.85. The van der Waals surface area contributed by atoms with Crippen LogP contribution >= 0.6 is 23.2 Å². The van der Waals surface area contributed by atoms with Crippen molar-refractivity contribution in [2.75, 3.05) is 5.32 Å². The lowest BCUT2D eigenvalue weighted by molar-refractivity contribution is 0.102. The summed E-state index contributed by atoms with van der Waals surface area (Å²) in [6, 6.07) is 9.99. The number of anilines is 1. The van der Waals surface area contributed by atoms with Crippen molar-refractivity contribution in [1.82, 2.24) is 10.1 Å². The van der Waals surface area contributed by atoms with E-state index in [1.807, 2.05) is 0 Å². The third kappa shape index (κ3) is 3.10. The second kappa shape index (κ2) is 6.17. The molecule has 0 aliphatic heterocycles. The van der Waals surface area contributed by atoms with E-state index in [-0.39, 0.29) is 5.91 Å². The highest BCUT2D eigenvalue weighted by atomic mass is 35.5. The molecular formula is C15H9Cl2N3O2. The minimum Gasteiger partial charge on any atom is -0.363 e. The minimum absolute atomic E-state index is 0.308. The monoisotopic (exact) mass is 333 g/mol. The Morgan fingerprint density at radius 3 is 2.68 bits per heavy atom. The molecule has 0 aliphatic carbocycles. The molecule has 22 heavy (non-hydrogen) atoms. The number of nitrogens with one attached hydrogen (secondary N) is 1. The first kappa shape index (κ1) is 14.6. The molecule has 0 fully saturated rings. The summed E-state index contributed by atoms with van der Waals surface area (Å²) in [5.74, 6) is 0.0375. The summed E-state index contributed by atoms with van der Waals surface area (Å²) in [6.07, 6.45) is 2.93. The number of carbonyl (C=O) groups is 1. The Balaban J connectivity index is 1.88. The third-order valence-corrected chi connectivity index (χ3v) is 3.66. The summed E-state index contributed by atoms with van der Waals surface area (Å²) in [5, 5.41) is 7.14. The van der Waals surface area contributed by atoms with Crippen molar-refractivity contribution in [1.29, 1.82) is 0 Å². The predicted octanol–water partition coefficient (Wildman–Crippen LogP) is 4.30. The standard InChI is InChI=1S/C15H9Cl2N3O2/c16-11-2-1-9(7-12(11)17)13-8-10(3-5-18-13)15(21)19-14-4-6-22-20-14/h1-8H,(H,19,20,21). The molecule has 0 radical (unpaired) electrons. The lowest BCUT2D eigenvalue weighted by atomic mass is 10.1. The van der Waals surface area contributed by atoms with E-state index in [1.165, 1.54) is 6.26 Å². The molecule has 0 spiro atoms. The van der Waals surface area contributed by atoms with Crippen LogP contribution in [0.1, 0.15) is 10.4 Å². The first-order valence-electron chi connectivity index (χ1n) is 6.27. The molecule has 1 amide bonds. The number of carbonyl (C=O) groups excluding carboxylic acids is 1. The fourth-order valence-corrected chi connectivity index (χ4v) is 2.15. The number of hydrogen-bond acceptors (Lipinski definition) is 4. The topological polar surface area (TPSA) is 68.0 Å². The van der Waals surface area contributed by atoms with Gasteiger partial charge in [-0.25, -0.2) is 0 Å². The number of halogens is 2. The lowest BCUT2D eigenvalue weighted by Crippen LogP contribution is -2.12. The SMILES string of the molecule is O=C(Nc1ccon1)c1ccnc(-c2ccc(Cl)c(Cl)c2)c1. The van der Waals surface area contributed by atoms with E-state index in [0.717, 1.165) is 5.56 Å². The van der Waals surface area contributed by atoms with Gasteiger partial charge in [-0.1, -0.05) is 34.4 Å². The molecule has 0 unspecified atom stereocenters. The number of pyridine rings is 1. The Morgan fingerprint density at radius 2 is 1.95 bits per heavy atom. The molecule has 0 saturated carbocycles. The van der Waals surface area contributed by atoms with Crippen LogP contribution in [-0.2, 0) is 0 Å². The van der Waals surface area contributed by atoms with Crippen LogP contribution in [0.15, 0.2) is 53.4 Å². The van der Waals surface area contributed by atoms with Crippen LogP contribution in [0.5, 0.6) is 0 Å². The largest absolute Gasteiger partial charge is 0.363 e. The van der Waals surface area contributed by atoms with Crippen LogP contribution in [-0.4, -0.2) is 16.0 Å². The molecule has 2 aromatic heterocycles. The van der Waals surface area contributed by atoms with E-state index in [0.29, 0.717) is 27.1 Å². The molecule has 1 N–H and O–H groups in total. The summed E-state index contributed by atoms with van der Waals surface area (Å²) >= 11 is 11.9. The quantitative estimate of drug-likeness (QED) is 0.776. The zero-order valence-electron chi connectivity index (χ0n) is 11.1. The molecule has 110 valence electrons. The molecular weight excluding hydrogens is 325 g/mol. The Hall–Kier alpha value is -2.37. The maximum absolute atomic E-state index is 12.1. The van der Waals surface area contributed by atoms with Gasteiger partial charge in [0.2, 0.25) is 0 Å². The second-order valence-electron chi connectivity index (χ2n) is 4.40. The number of aromatic nitrogens is 2. The van der Waals surface area contributed by atoms with E-state index in [9.17, 15) is 4.79 Å². The molecule has 0 saturated heterocycles. The average molecular weight is 334 g/mol. The first-order chi connectivity index (χ1) is 10.6. The van der Waals surface area contributed by atoms with Gasteiger partial charge in [-0.05, 0) is 24.3 Å². The van der Waals surface area contributed by atoms with E-state index in [1.54, 1.807) is 42.6 Å². The lowest BCUT2D eigenvalue weighted by Gasteiger charge is -2.06. The smallest absolute Gasteiger partial charge is 0.257 e. The van der Waals surface area contributed by atoms with Gasteiger partial charge in [-0.2, -0.15) is 0 Å². The average Bonchev–Trinajstić information content (AvgIpc) is 3.03. The first-order valence-corrected chi connectivity index (χ1v) is 7.02. The van der Waals surface area contributed by atoms with Crippen LogP contribution < -0.4 is 5.32 Å². The molecule has 5 nitrogen and oxygen atoms in total. The van der Waals surface area contributed by atoms with Crippen molar-refractivity contribution in [2.24, 2.45) is 0 Å². The van der Waals surface area contributed by atoms with Crippen LogP contribution in [0.3, 0.4) is 0 Å². The normalized spacial score (nSPS) is 10.5. The van der Waals surface area contributed by atoms with Gasteiger partial charge in [0.05, 0.1) is 15.7 Å². The zero-order valence-corrected chi connectivity index (χ0v) is 12.6. The Morgan fingerprint density at radius 1 is 1.09 bits per heavy atom. The molecule has 7 heteroatoms. The Kier molecular flexibility index (Phi) is 4.09. The number of hydrogen-bond donors (Lipinski definition) is 1. The highest BCUT2D eigenvalue weighted by Gasteiger charge is 2.10. The third-order valence-electron chi connectivity index (χ3n) is 2.92. The van der Waals surface area contributed by atoms with Gasteiger partial charge in [0.25, 0.3) is 5.91 Å². The van der Waals surface area contributed by atoms with E-state index >= 15 is 0 Å². The van der Waals surface area contributed by atoms with Gasteiger partial charge < -0.3 is 9.84 Å². The summed E-state index contributed by atoms with van der Waals surface area (Å²) in [6.45, 7) is 0. The molecule has 3 aromatic rings. The number of rotatable bonds is 3. The summed E-state index contributed by atoms with van der Waals surface area (Å²) in [4.78, 5) is 16.4. The van der Waals surface area contributed by atoms with Crippen molar-refractivity contribution in [3.63, 3.8) is 0 Å². The molecule has 0 aliphatic rings. The molecule has 2 heterocycles. The van der Waals surface area contributed by atoms with Crippen molar-refractivity contribution in [2.45, 2.75) is 0 Å². The Labute approximate surface area is 135 Å². The van der Waals surface area contributed by atoms with Crippen LogP contribution in [0.2, 0.25) is 10.0 Å². The zero-order chi connectivity index (χ0) is 15.5. The van der Waals surface area contributed by atoms with Crippen LogP contribution in [0, 0.1) is 0 Å². The van der Waals surface area contributed by atoms with E-state index in [2.05, 4.69) is 20.0 Å². The maximum Gasteiger partial charge on any atom is 0.257 e. The minimum atomic E-state index is -0.308. The van der Waals surface area contributed by atoms with Crippen molar-refractivity contribution < 1.29 is 9.32 Å². The molecule has 0 bridgehead atoms. The van der Waals surface area contributed by atoms with E-state index < -0.39 is 0 Å². The summed E-state index contributed by atoms with van der Waals surface area (Å²) in [5.41, 5.74) is 1.83. The number of benzene rings is 1. The highest BCUT2D eigenvalue weighted by molar-refractivity contribution is 6.42.